The van der Waals surface area contributed by atoms with Gasteiger partial charge in [0.25, 0.3) is 5.56 Å². The quantitative estimate of drug-likeness (QED) is 0.134. The summed E-state index contributed by atoms with van der Waals surface area (Å²) >= 11 is 6.67. The van der Waals surface area contributed by atoms with Crippen LogP contribution in [-0.2, 0) is 23.7 Å². The number of imide groups is 1. The Balaban J connectivity index is 0.699. The van der Waals surface area contributed by atoms with Crippen LogP contribution >= 0.6 is 11.6 Å². The molecule has 4 atom stereocenters. The molecule has 5 aromatic rings. The number of carbonyl (C=O) groups is 2. The lowest BCUT2D eigenvalue weighted by atomic mass is 9.71. The molecule has 6 aliphatic rings. The van der Waals surface area contributed by atoms with E-state index in [1.807, 2.05) is 25.2 Å². The van der Waals surface area contributed by atoms with E-state index in [4.69, 9.17) is 21.3 Å². The van der Waals surface area contributed by atoms with E-state index in [0.29, 0.717) is 81.2 Å². The summed E-state index contributed by atoms with van der Waals surface area (Å²) in [6, 6.07) is 7.65. The second-order valence-electron chi connectivity index (χ2n) is 20.4. The molecule has 4 saturated heterocycles. The van der Waals surface area contributed by atoms with Crippen molar-refractivity contribution in [2.75, 3.05) is 72.9 Å². The SMILES string of the molecule is C[C@@H]1CN(c2cc3c(cc2F)c(C2CCC(=O)NC2=O)nn3C)CC[C@@H]1CN1CCC2(CC1)CCN(c1ncc(Cl)c(Nc3ccc4c(c3)c3c(c(=O)n4C)OCC(F)(F)[C@H](C4CC4)N3)n1)CC2. The molecule has 360 valence electrons. The van der Waals surface area contributed by atoms with E-state index in [9.17, 15) is 14.4 Å². The largest absolute Gasteiger partial charge is 0.480 e. The number of halogens is 4. The van der Waals surface area contributed by atoms with Gasteiger partial charge in [0.15, 0.2) is 12.4 Å². The smallest absolute Gasteiger partial charge is 0.301 e. The van der Waals surface area contributed by atoms with Crippen molar-refractivity contribution < 1.29 is 27.5 Å². The standard InChI is InChI=1S/C49H57ClF3N11O4/c1-27-24-64(38-22-37-33(21-35(38)51)40(59-61(37)3)31-7-9-39(65)56-45(31)66)15-10-29(27)25-62-16-11-48(12-17-62)13-18-63(19-14-48)47-54-23-34(50)44(58-47)55-30-6-8-36-32(20-30)41-42(46(67)60(36)2)68-26-49(52,53)43(57-41)28-4-5-28/h6,8,20-23,27-29,31,43,57H,4-5,7,9-19,24-26H2,1-3H3,(H,54,55,58)(H,56,65,66)/t27-,29-,31?,43+/m1/s1. The Kier molecular flexibility index (Phi) is 11.3. The van der Waals surface area contributed by atoms with E-state index >= 15 is 13.2 Å². The van der Waals surface area contributed by atoms with Crippen molar-refractivity contribution in [2.24, 2.45) is 37.3 Å². The topological polar surface area (TPSA) is 155 Å². The number of rotatable bonds is 8. The molecule has 68 heavy (non-hydrogen) atoms. The predicted octanol–water partition coefficient (Wildman–Crippen LogP) is 7.33. The van der Waals surface area contributed by atoms with Gasteiger partial charge in [-0.3, -0.25) is 24.4 Å². The van der Waals surface area contributed by atoms with Gasteiger partial charge in [-0.05, 0) is 118 Å². The van der Waals surface area contributed by atoms with Gasteiger partial charge >= 0.3 is 5.92 Å². The molecule has 3 aromatic heterocycles. The van der Waals surface area contributed by atoms with Gasteiger partial charge in [0.2, 0.25) is 23.5 Å². The molecule has 0 radical (unpaired) electrons. The Labute approximate surface area is 396 Å². The van der Waals surface area contributed by atoms with Crippen LogP contribution in [0.5, 0.6) is 5.75 Å². The maximum absolute atomic E-state index is 15.9. The zero-order chi connectivity index (χ0) is 47.2. The number of benzene rings is 2. The third-order valence-electron chi connectivity index (χ3n) is 16.1. The summed E-state index contributed by atoms with van der Waals surface area (Å²) in [5.74, 6) is -3.12. The maximum Gasteiger partial charge on any atom is 0.301 e. The third kappa shape index (κ3) is 8.17. The Hall–Kier alpha value is -5.62. The Morgan fingerprint density at radius 1 is 0.926 bits per heavy atom. The maximum atomic E-state index is 15.9. The number of piperidine rings is 4. The molecular weight excluding hydrogens is 899 g/mol. The molecule has 15 nitrogen and oxygen atoms in total. The van der Waals surface area contributed by atoms with Crippen LogP contribution in [0.3, 0.4) is 0 Å². The molecule has 2 aromatic carbocycles. The van der Waals surface area contributed by atoms with Crippen LogP contribution in [0.15, 0.2) is 41.3 Å². The van der Waals surface area contributed by atoms with E-state index in [2.05, 4.69) is 47.7 Å². The molecule has 1 saturated carbocycles. The fourth-order valence-electron chi connectivity index (χ4n) is 11.7. The van der Waals surface area contributed by atoms with Crippen LogP contribution in [0, 0.1) is 29.0 Å². The molecule has 1 spiro atoms. The van der Waals surface area contributed by atoms with E-state index < -0.39 is 30.0 Å². The number of carbonyl (C=O) groups excluding carboxylic acids is 2. The molecule has 5 aliphatic heterocycles. The van der Waals surface area contributed by atoms with Crippen LogP contribution in [0.2, 0.25) is 5.02 Å². The normalized spacial score (nSPS) is 25.2. The highest BCUT2D eigenvalue weighted by Crippen LogP contribution is 2.47. The summed E-state index contributed by atoms with van der Waals surface area (Å²) in [6.45, 7) is 7.71. The number of aryl methyl sites for hydroxylation is 2. The first-order valence-electron chi connectivity index (χ1n) is 24.1. The molecule has 0 bridgehead atoms. The van der Waals surface area contributed by atoms with Crippen LogP contribution in [-0.4, -0.2) is 105 Å². The first kappa shape index (κ1) is 44.9. The number of hydrogen-bond donors (Lipinski definition) is 3. The molecule has 1 unspecified atom stereocenters. The van der Waals surface area contributed by atoms with Gasteiger partial charge < -0.3 is 34.6 Å². The Bertz CT molecular complexity index is 2890. The fourth-order valence-corrected chi connectivity index (χ4v) is 11.8. The number of anilines is 5. The summed E-state index contributed by atoms with van der Waals surface area (Å²) in [6.07, 6.45) is 8.91. The average Bonchev–Trinajstić information content (AvgIpc) is 4.13. The molecule has 11 rings (SSSR count). The van der Waals surface area contributed by atoms with Crippen LogP contribution in [0.1, 0.15) is 76.3 Å². The number of hydrogen-bond acceptors (Lipinski definition) is 12. The number of nitrogens with one attached hydrogen (secondary N) is 3. The number of nitrogens with zero attached hydrogens (tertiary/aromatic N) is 8. The average molecular weight is 957 g/mol. The molecule has 8 heterocycles. The van der Waals surface area contributed by atoms with E-state index in [0.717, 1.165) is 83.4 Å². The van der Waals surface area contributed by atoms with E-state index in [-0.39, 0.29) is 46.8 Å². The van der Waals surface area contributed by atoms with Gasteiger partial charge in [-0.1, -0.05) is 18.5 Å². The van der Waals surface area contributed by atoms with Gasteiger partial charge in [0.05, 0.1) is 46.3 Å². The Morgan fingerprint density at radius 3 is 2.43 bits per heavy atom. The van der Waals surface area contributed by atoms with Crippen molar-refractivity contribution in [2.45, 2.75) is 82.6 Å². The van der Waals surface area contributed by atoms with Crippen LogP contribution in [0.25, 0.3) is 21.8 Å². The summed E-state index contributed by atoms with van der Waals surface area (Å²) in [5, 5.41) is 14.9. The second kappa shape index (κ2) is 17.1. The number of amides is 2. The van der Waals surface area contributed by atoms with Gasteiger partial charge in [-0.15, -0.1) is 0 Å². The molecule has 5 fully saturated rings. The van der Waals surface area contributed by atoms with Crippen LogP contribution in [0.4, 0.5) is 42.0 Å². The van der Waals surface area contributed by atoms with Gasteiger partial charge in [0, 0.05) is 69.7 Å². The number of ether oxygens (including phenoxy) is 1. The number of fused-ring (bicyclic) bond motifs is 4. The summed E-state index contributed by atoms with van der Waals surface area (Å²) < 4.78 is 55.0. The predicted molar refractivity (Wildman–Crippen MR) is 255 cm³/mol. The Morgan fingerprint density at radius 2 is 1.69 bits per heavy atom. The van der Waals surface area contributed by atoms with E-state index in [1.54, 1.807) is 24.0 Å². The minimum Gasteiger partial charge on any atom is -0.480 e. The van der Waals surface area contributed by atoms with Gasteiger partial charge in [-0.25, -0.2) is 18.2 Å². The van der Waals surface area contributed by atoms with Crippen molar-refractivity contribution in [1.82, 2.24) is 34.5 Å². The molecule has 19 heteroatoms. The minimum absolute atomic E-state index is 0.107. The number of pyridine rings is 1. The molecular formula is C49H57ClF3N11O4. The first-order valence-corrected chi connectivity index (χ1v) is 24.5. The summed E-state index contributed by atoms with van der Waals surface area (Å²) in [4.78, 5) is 54.2. The van der Waals surface area contributed by atoms with Crippen molar-refractivity contribution >= 4 is 74.0 Å². The first-order chi connectivity index (χ1) is 32.6. The number of alkyl halides is 2. The number of aromatic nitrogens is 5. The fraction of sp³-hybridized carbons (Fsp3) is 0.551. The molecule has 2 amide bonds. The molecule has 1 aliphatic carbocycles. The molecule has 3 N–H and O–H groups in total. The lowest BCUT2D eigenvalue weighted by molar-refractivity contribution is -0.134. The highest BCUT2D eigenvalue weighted by atomic mass is 35.5. The van der Waals surface area contributed by atoms with Crippen molar-refractivity contribution in [3.05, 3.63) is 63.4 Å². The zero-order valence-corrected chi connectivity index (χ0v) is 39.4. The van der Waals surface area contributed by atoms with E-state index in [1.165, 1.54) is 10.6 Å². The van der Waals surface area contributed by atoms with Crippen molar-refractivity contribution in [3.8, 4) is 5.75 Å². The minimum atomic E-state index is -3.13. The van der Waals surface area contributed by atoms with Gasteiger partial charge in [0.1, 0.15) is 10.8 Å². The highest BCUT2D eigenvalue weighted by molar-refractivity contribution is 6.33. The van der Waals surface area contributed by atoms with Crippen molar-refractivity contribution in [1.29, 1.82) is 0 Å². The lowest BCUT2D eigenvalue weighted by Gasteiger charge is -2.48. The summed E-state index contributed by atoms with van der Waals surface area (Å²) in [5.41, 5.74) is 3.10. The zero-order valence-electron chi connectivity index (χ0n) is 38.6. The second-order valence-corrected chi connectivity index (χ2v) is 20.8. The number of likely N-dealkylation sites (tertiary alicyclic amines) is 1. The highest BCUT2D eigenvalue weighted by Gasteiger charge is 2.51. The van der Waals surface area contributed by atoms with Crippen molar-refractivity contribution in [3.63, 3.8) is 0 Å². The van der Waals surface area contributed by atoms with Gasteiger partial charge in [-0.2, -0.15) is 10.1 Å². The third-order valence-corrected chi connectivity index (χ3v) is 16.3. The lowest BCUT2D eigenvalue weighted by Crippen LogP contribution is -2.49. The monoisotopic (exact) mass is 955 g/mol. The summed E-state index contributed by atoms with van der Waals surface area (Å²) in [7, 11) is 3.42. The van der Waals surface area contributed by atoms with Crippen LogP contribution < -0.4 is 36.0 Å².